The quantitative estimate of drug-likeness (QED) is 0.364. The molecule has 0 N–H and O–H groups in total. The average Bonchev–Trinajstić information content (AvgIpc) is 2.51. The molecule has 0 aromatic heterocycles. The second-order valence-corrected chi connectivity index (χ2v) is 8.05. The van der Waals surface area contributed by atoms with Crippen LogP contribution in [0.1, 0.15) is 47.1 Å². The molecule has 0 aliphatic rings. The molecule has 0 saturated heterocycles. The Hall–Kier alpha value is -1.16. The maximum Gasteiger partial charge on any atom is 0.351 e. The van der Waals surface area contributed by atoms with E-state index in [-0.39, 0.29) is 18.4 Å². The van der Waals surface area contributed by atoms with E-state index in [0.29, 0.717) is 13.2 Å². The Morgan fingerprint density at radius 3 is 1.96 bits per heavy atom. The van der Waals surface area contributed by atoms with E-state index in [1.807, 2.05) is 44.2 Å². The monoisotopic (exact) mass is 354 g/mol. The molecule has 0 amide bonds. The van der Waals surface area contributed by atoms with Gasteiger partial charge in [0.25, 0.3) is 0 Å². The van der Waals surface area contributed by atoms with Crippen LogP contribution in [0.3, 0.4) is 0 Å². The summed E-state index contributed by atoms with van der Waals surface area (Å²) in [4.78, 5) is 6.90. The summed E-state index contributed by atoms with van der Waals surface area (Å²) in [6, 6.07) is 10.5. The van der Waals surface area contributed by atoms with E-state index in [1.54, 1.807) is 0 Å². The first-order chi connectivity index (χ1) is 11.3. The Morgan fingerprint density at radius 2 is 1.54 bits per heavy atom. The minimum Gasteiger partial charge on any atom is -0.352 e. The van der Waals surface area contributed by atoms with Crippen molar-refractivity contribution < 1.29 is 13.6 Å². The molecular formula is C18H31N2O3P. The summed E-state index contributed by atoms with van der Waals surface area (Å²) in [5.74, 6) is 0.820. The first-order valence-corrected chi connectivity index (χ1v) is 10.3. The molecule has 6 heteroatoms. The number of hydrogen-bond acceptors (Lipinski definition) is 4. The lowest BCUT2D eigenvalue weighted by Gasteiger charge is -2.34. The zero-order valence-electron chi connectivity index (χ0n) is 15.7. The molecule has 1 aromatic carbocycles. The third-order valence-corrected chi connectivity index (χ3v) is 5.23. The van der Waals surface area contributed by atoms with Crippen LogP contribution in [0.15, 0.2) is 35.3 Å². The molecule has 1 rings (SSSR count). The lowest BCUT2D eigenvalue weighted by atomic mass is 10.1. The lowest BCUT2D eigenvalue weighted by Crippen LogP contribution is -2.42. The molecule has 0 aliphatic carbocycles. The highest BCUT2D eigenvalue weighted by molar-refractivity contribution is 7.53. The predicted molar refractivity (Wildman–Crippen MR) is 101 cm³/mol. The standard InChI is InChI=1S/C18H31N2O3P/c1-7-22-24(21,23-8-2)14-19-18(17-12-10-9-11-13-17)20(15(3)4)16(5)6/h9-13,15-16H,7-8,14H2,1-6H3/b19-18-. The van der Waals surface area contributed by atoms with Crippen LogP contribution in [0.5, 0.6) is 0 Å². The number of rotatable bonds is 9. The van der Waals surface area contributed by atoms with Crippen LogP contribution in [0.2, 0.25) is 0 Å². The molecule has 0 radical (unpaired) electrons. The molecule has 0 bridgehead atoms. The van der Waals surface area contributed by atoms with Crippen molar-refractivity contribution in [3.05, 3.63) is 35.9 Å². The van der Waals surface area contributed by atoms with E-state index in [1.165, 1.54) is 0 Å². The Bertz CT molecular complexity index is 541. The average molecular weight is 354 g/mol. The van der Waals surface area contributed by atoms with Crippen molar-refractivity contribution in [2.45, 2.75) is 53.6 Å². The summed E-state index contributed by atoms with van der Waals surface area (Å²) >= 11 is 0. The van der Waals surface area contributed by atoms with Crippen molar-refractivity contribution >= 4 is 13.4 Å². The molecule has 1 aromatic rings. The van der Waals surface area contributed by atoms with E-state index in [9.17, 15) is 4.57 Å². The Balaban J connectivity index is 3.24. The van der Waals surface area contributed by atoms with E-state index in [2.05, 4.69) is 37.6 Å². The van der Waals surface area contributed by atoms with Crippen LogP contribution in [0, 0.1) is 0 Å². The van der Waals surface area contributed by atoms with Crippen molar-refractivity contribution in [2.24, 2.45) is 4.99 Å². The molecule has 24 heavy (non-hydrogen) atoms. The van der Waals surface area contributed by atoms with Crippen molar-refractivity contribution in [1.29, 1.82) is 0 Å². The van der Waals surface area contributed by atoms with Gasteiger partial charge in [0.1, 0.15) is 12.1 Å². The normalized spacial score (nSPS) is 12.9. The number of benzene rings is 1. The molecule has 5 nitrogen and oxygen atoms in total. The van der Waals surface area contributed by atoms with Gasteiger partial charge in [0, 0.05) is 17.6 Å². The van der Waals surface area contributed by atoms with Crippen molar-refractivity contribution in [3.8, 4) is 0 Å². The van der Waals surface area contributed by atoms with Gasteiger partial charge < -0.3 is 13.9 Å². The maximum atomic E-state index is 12.7. The highest BCUT2D eigenvalue weighted by Gasteiger charge is 2.26. The highest BCUT2D eigenvalue weighted by atomic mass is 31.2. The molecule has 0 atom stereocenters. The van der Waals surface area contributed by atoms with Gasteiger partial charge in [-0.1, -0.05) is 30.3 Å². The third kappa shape index (κ3) is 6.04. The van der Waals surface area contributed by atoms with Crippen LogP contribution in [-0.4, -0.2) is 42.3 Å². The van der Waals surface area contributed by atoms with Gasteiger partial charge in [-0.05, 0) is 41.5 Å². The summed E-state index contributed by atoms with van der Waals surface area (Å²) in [5.41, 5.74) is 0.999. The SMILES string of the molecule is CCOP(=O)(C/N=C(/c1ccccc1)N(C(C)C)C(C)C)OCC. The number of nitrogens with zero attached hydrogens (tertiary/aromatic N) is 2. The zero-order valence-corrected chi connectivity index (χ0v) is 16.6. The topological polar surface area (TPSA) is 51.1 Å². The Kier molecular flexibility index (Phi) is 8.68. The fraction of sp³-hybridized carbons (Fsp3) is 0.611. The van der Waals surface area contributed by atoms with Crippen LogP contribution >= 0.6 is 7.60 Å². The summed E-state index contributed by atoms with van der Waals surface area (Å²) in [5, 5.41) is 0. The fourth-order valence-corrected chi connectivity index (χ4v) is 3.99. The van der Waals surface area contributed by atoms with Gasteiger partial charge in [0.15, 0.2) is 0 Å². The molecule has 136 valence electrons. The molecule has 0 aliphatic heterocycles. The Labute approximate surface area is 146 Å². The summed E-state index contributed by atoms with van der Waals surface area (Å²) in [7, 11) is -3.21. The van der Waals surface area contributed by atoms with Crippen LogP contribution in [0.25, 0.3) is 0 Å². The summed E-state index contributed by atoms with van der Waals surface area (Å²) < 4.78 is 23.5. The van der Waals surface area contributed by atoms with Gasteiger partial charge in [0.2, 0.25) is 0 Å². The number of amidine groups is 1. The van der Waals surface area contributed by atoms with Gasteiger partial charge in [-0.15, -0.1) is 0 Å². The fourth-order valence-electron chi connectivity index (χ4n) is 2.66. The van der Waals surface area contributed by atoms with E-state index in [0.717, 1.165) is 11.4 Å². The second-order valence-electron chi connectivity index (χ2n) is 6.03. The van der Waals surface area contributed by atoms with Crippen molar-refractivity contribution in [3.63, 3.8) is 0 Å². The van der Waals surface area contributed by atoms with Crippen LogP contribution < -0.4 is 0 Å². The molecule has 0 unspecified atom stereocenters. The summed E-state index contributed by atoms with van der Waals surface area (Å²) in [6.45, 7) is 12.8. The van der Waals surface area contributed by atoms with E-state index >= 15 is 0 Å². The summed E-state index contributed by atoms with van der Waals surface area (Å²) in [6.07, 6.45) is 0.0227. The Morgan fingerprint density at radius 1 is 1.04 bits per heavy atom. The maximum absolute atomic E-state index is 12.7. The smallest absolute Gasteiger partial charge is 0.351 e. The van der Waals surface area contributed by atoms with Gasteiger partial charge in [-0.3, -0.25) is 9.56 Å². The second kappa shape index (κ2) is 9.97. The van der Waals surface area contributed by atoms with Crippen molar-refractivity contribution in [2.75, 3.05) is 19.5 Å². The van der Waals surface area contributed by atoms with Gasteiger partial charge in [0.05, 0.1) is 13.2 Å². The molecule has 0 fully saturated rings. The minimum atomic E-state index is -3.21. The minimum absolute atomic E-state index is 0.0227. The molecule has 0 heterocycles. The molecular weight excluding hydrogens is 323 g/mol. The van der Waals surface area contributed by atoms with E-state index in [4.69, 9.17) is 9.05 Å². The lowest BCUT2D eigenvalue weighted by molar-refractivity contribution is 0.220. The molecule has 0 spiro atoms. The van der Waals surface area contributed by atoms with Gasteiger partial charge in [-0.2, -0.15) is 0 Å². The first kappa shape index (κ1) is 20.9. The van der Waals surface area contributed by atoms with Crippen LogP contribution in [-0.2, 0) is 13.6 Å². The first-order valence-electron chi connectivity index (χ1n) is 8.61. The third-order valence-electron chi connectivity index (χ3n) is 3.43. The van der Waals surface area contributed by atoms with Crippen LogP contribution in [0.4, 0.5) is 0 Å². The number of hydrogen-bond donors (Lipinski definition) is 0. The van der Waals surface area contributed by atoms with Gasteiger partial charge >= 0.3 is 7.60 Å². The molecule has 0 saturated carbocycles. The zero-order chi connectivity index (χ0) is 18.2. The van der Waals surface area contributed by atoms with Crippen molar-refractivity contribution in [1.82, 2.24) is 4.90 Å². The predicted octanol–water partition coefficient (Wildman–Crippen LogP) is 4.78. The highest BCUT2D eigenvalue weighted by Crippen LogP contribution is 2.48. The van der Waals surface area contributed by atoms with E-state index < -0.39 is 7.60 Å². The van der Waals surface area contributed by atoms with Gasteiger partial charge in [-0.25, -0.2) is 0 Å². The largest absolute Gasteiger partial charge is 0.352 e. The number of aliphatic imine (C=N–C) groups is 1.